The summed E-state index contributed by atoms with van der Waals surface area (Å²) in [5.74, 6) is 0. The molecule has 0 bridgehead atoms. The van der Waals surface area contributed by atoms with Crippen LogP contribution in [0, 0.1) is 0 Å². The van der Waals surface area contributed by atoms with E-state index in [4.69, 9.17) is 5.11 Å². The maximum Gasteiger partial charge on any atom is 0.427 e. The van der Waals surface area contributed by atoms with E-state index < -0.39 is 17.7 Å². The molecule has 0 unspecified atom stereocenters. The first kappa shape index (κ1) is 12.1. The van der Waals surface area contributed by atoms with Gasteiger partial charge in [0.15, 0.2) is 0 Å². The van der Waals surface area contributed by atoms with Crippen molar-refractivity contribution < 1.29 is 18.3 Å². The Kier molecular flexibility index (Phi) is 3.17. The van der Waals surface area contributed by atoms with Crippen molar-refractivity contribution in [2.45, 2.75) is 12.8 Å². The second-order valence-corrected chi connectivity index (χ2v) is 4.39. The predicted molar refractivity (Wildman–Crippen MR) is 58.5 cm³/mol. The Hall–Kier alpha value is -1.40. The number of hydrogen-bond donors (Lipinski definition) is 1. The molecule has 1 heterocycles. The molecule has 0 fully saturated rings. The van der Waals surface area contributed by atoms with Crippen molar-refractivity contribution in [1.29, 1.82) is 0 Å². The van der Waals surface area contributed by atoms with Crippen molar-refractivity contribution in [1.82, 2.24) is 4.98 Å². The van der Waals surface area contributed by atoms with Gasteiger partial charge in [0.1, 0.15) is 9.88 Å². The van der Waals surface area contributed by atoms with E-state index in [-0.39, 0.29) is 10.7 Å². The van der Waals surface area contributed by atoms with Crippen LogP contribution in [0.2, 0.25) is 0 Å². The third-order valence-corrected chi connectivity index (χ3v) is 3.20. The van der Waals surface area contributed by atoms with Crippen LogP contribution in [0.3, 0.4) is 0 Å². The van der Waals surface area contributed by atoms with Gasteiger partial charge in [0, 0.05) is 5.56 Å². The zero-order chi connectivity index (χ0) is 12.5. The summed E-state index contributed by atoms with van der Waals surface area (Å²) in [5.41, 5.74) is 0.280. The Morgan fingerprint density at radius 3 is 2.35 bits per heavy atom. The van der Waals surface area contributed by atoms with E-state index in [2.05, 4.69) is 4.98 Å². The number of halogens is 3. The molecular weight excluding hydrogens is 251 g/mol. The first-order chi connectivity index (χ1) is 8.02. The highest BCUT2D eigenvalue weighted by molar-refractivity contribution is 7.12. The normalized spacial score (nSPS) is 11.8. The lowest BCUT2D eigenvalue weighted by molar-refractivity contribution is -0.134. The molecule has 6 heteroatoms. The molecule has 0 radical (unpaired) electrons. The minimum atomic E-state index is -4.45. The van der Waals surface area contributed by atoms with E-state index in [1.165, 1.54) is 0 Å². The number of alkyl halides is 3. The Morgan fingerprint density at radius 1 is 1.18 bits per heavy atom. The average molecular weight is 259 g/mol. The van der Waals surface area contributed by atoms with Gasteiger partial charge in [-0.2, -0.15) is 13.2 Å². The van der Waals surface area contributed by atoms with Crippen LogP contribution in [0.15, 0.2) is 30.3 Å². The van der Waals surface area contributed by atoms with Gasteiger partial charge in [-0.25, -0.2) is 4.98 Å². The van der Waals surface area contributed by atoms with Crippen molar-refractivity contribution >= 4 is 11.3 Å². The number of aromatic nitrogens is 1. The molecule has 0 aliphatic rings. The van der Waals surface area contributed by atoms with E-state index in [0.717, 1.165) is 0 Å². The van der Waals surface area contributed by atoms with E-state index >= 15 is 0 Å². The monoisotopic (exact) mass is 259 g/mol. The lowest BCUT2D eigenvalue weighted by Crippen LogP contribution is -2.03. The van der Waals surface area contributed by atoms with Crippen molar-refractivity contribution in [3.63, 3.8) is 0 Å². The highest BCUT2D eigenvalue weighted by Crippen LogP contribution is 2.40. The summed E-state index contributed by atoms with van der Waals surface area (Å²) >= 11 is 0.475. The fourth-order valence-electron chi connectivity index (χ4n) is 1.42. The molecule has 0 amide bonds. The molecule has 0 aliphatic carbocycles. The lowest BCUT2D eigenvalue weighted by atomic mass is 10.1. The smallest absolute Gasteiger partial charge is 0.389 e. The number of rotatable bonds is 2. The predicted octanol–water partition coefficient (Wildman–Crippen LogP) is 3.32. The second kappa shape index (κ2) is 4.46. The molecule has 90 valence electrons. The first-order valence-corrected chi connectivity index (χ1v) is 5.57. The highest BCUT2D eigenvalue weighted by Gasteiger charge is 2.37. The Bertz CT molecular complexity index is 507. The Morgan fingerprint density at radius 2 is 1.82 bits per heavy atom. The molecule has 2 nitrogen and oxygen atoms in total. The van der Waals surface area contributed by atoms with Gasteiger partial charge in [0.05, 0.1) is 12.3 Å². The van der Waals surface area contributed by atoms with Crippen molar-refractivity contribution in [2.24, 2.45) is 0 Å². The summed E-state index contributed by atoms with van der Waals surface area (Å²) in [5, 5.41) is 8.93. The van der Waals surface area contributed by atoms with E-state index in [9.17, 15) is 13.2 Å². The summed E-state index contributed by atoms with van der Waals surface area (Å²) in [6.07, 6.45) is -4.45. The van der Waals surface area contributed by atoms with Crippen LogP contribution < -0.4 is 0 Å². The van der Waals surface area contributed by atoms with E-state index in [0.29, 0.717) is 16.9 Å². The molecule has 2 rings (SSSR count). The van der Waals surface area contributed by atoms with Gasteiger partial charge in [-0.05, 0) is 0 Å². The third kappa shape index (κ3) is 2.48. The van der Waals surface area contributed by atoms with Gasteiger partial charge in [-0.3, -0.25) is 0 Å². The molecule has 1 aromatic carbocycles. The highest BCUT2D eigenvalue weighted by atomic mass is 32.1. The van der Waals surface area contributed by atoms with Crippen LogP contribution in [0.5, 0.6) is 0 Å². The summed E-state index contributed by atoms with van der Waals surface area (Å²) in [4.78, 5) is 3.04. The molecule has 1 N–H and O–H groups in total. The van der Waals surface area contributed by atoms with Gasteiger partial charge in [-0.15, -0.1) is 11.3 Å². The van der Waals surface area contributed by atoms with Crippen molar-refractivity contribution in [3.8, 4) is 11.3 Å². The second-order valence-electron chi connectivity index (χ2n) is 3.31. The van der Waals surface area contributed by atoms with E-state index in [1.54, 1.807) is 30.3 Å². The first-order valence-electron chi connectivity index (χ1n) is 4.75. The molecule has 2 aromatic rings. The topological polar surface area (TPSA) is 33.1 Å². The Labute approximate surface area is 99.4 Å². The van der Waals surface area contributed by atoms with Gasteiger partial charge in [-0.1, -0.05) is 30.3 Å². The molecule has 0 saturated carbocycles. The van der Waals surface area contributed by atoms with Gasteiger partial charge >= 0.3 is 6.18 Å². The molecule has 0 saturated heterocycles. The van der Waals surface area contributed by atoms with Crippen LogP contribution in [0.1, 0.15) is 9.88 Å². The molecule has 0 aliphatic heterocycles. The van der Waals surface area contributed by atoms with Crippen LogP contribution in [0.4, 0.5) is 13.2 Å². The minimum Gasteiger partial charge on any atom is -0.389 e. The van der Waals surface area contributed by atoms with Gasteiger partial charge in [0.2, 0.25) is 0 Å². The SMILES string of the molecule is OCc1nc(-c2ccccc2)c(C(F)(F)F)s1. The zero-order valence-corrected chi connectivity index (χ0v) is 9.35. The molecule has 0 atom stereocenters. The van der Waals surface area contributed by atoms with Gasteiger partial charge in [0.25, 0.3) is 0 Å². The maximum absolute atomic E-state index is 12.8. The van der Waals surface area contributed by atoms with Crippen molar-refractivity contribution in [3.05, 3.63) is 40.2 Å². The fourth-order valence-corrected chi connectivity index (χ4v) is 2.23. The number of benzene rings is 1. The number of hydrogen-bond acceptors (Lipinski definition) is 3. The number of thiazole rings is 1. The molecular formula is C11H8F3NOS. The van der Waals surface area contributed by atoms with E-state index in [1.807, 2.05) is 0 Å². The standard InChI is InChI=1S/C11H8F3NOS/c12-11(13,14)10-9(15-8(6-16)17-10)7-4-2-1-3-5-7/h1-5,16H,6H2. The zero-order valence-electron chi connectivity index (χ0n) is 8.53. The fraction of sp³-hybridized carbons (Fsp3) is 0.182. The lowest BCUT2D eigenvalue weighted by Gasteiger charge is -2.05. The number of aliphatic hydroxyl groups is 1. The summed E-state index contributed by atoms with van der Waals surface area (Å²) in [7, 11) is 0. The van der Waals surface area contributed by atoms with Gasteiger partial charge < -0.3 is 5.11 Å². The molecule has 0 spiro atoms. The summed E-state index contributed by atoms with van der Waals surface area (Å²) in [6.45, 7) is -0.486. The number of aliphatic hydroxyl groups excluding tert-OH is 1. The third-order valence-electron chi connectivity index (χ3n) is 2.11. The maximum atomic E-state index is 12.8. The minimum absolute atomic E-state index is 0.0659. The average Bonchev–Trinajstić information content (AvgIpc) is 2.74. The molecule has 1 aromatic heterocycles. The van der Waals surface area contributed by atoms with Crippen LogP contribution in [-0.4, -0.2) is 10.1 Å². The summed E-state index contributed by atoms with van der Waals surface area (Å²) in [6, 6.07) is 8.13. The van der Waals surface area contributed by atoms with Crippen LogP contribution >= 0.6 is 11.3 Å². The molecule has 17 heavy (non-hydrogen) atoms. The van der Waals surface area contributed by atoms with Crippen LogP contribution in [0.25, 0.3) is 11.3 Å². The number of nitrogens with zero attached hydrogens (tertiary/aromatic N) is 1. The Balaban J connectivity index is 2.57. The van der Waals surface area contributed by atoms with Crippen molar-refractivity contribution in [2.75, 3.05) is 0 Å². The quantitative estimate of drug-likeness (QED) is 0.897. The largest absolute Gasteiger partial charge is 0.427 e. The van der Waals surface area contributed by atoms with Crippen LogP contribution in [-0.2, 0) is 12.8 Å². The summed E-state index contributed by atoms with van der Waals surface area (Å²) < 4.78 is 38.3.